The summed E-state index contributed by atoms with van der Waals surface area (Å²) in [7, 11) is 1.57. The van der Waals surface area contributed by atoms with E-state index in [0.29, 0.717) is 48.8 Å². The number of ether oxygens (including phenoxy) is 4. The summed E-state index contributed by atoms with van der Waals surface area (Å²) in [4.78, 5) is 25.3. The van der Waals surface area contributed by atoms with Crippen LogP contribution >= 0.6 is 0 Å². The summed E-state index contributed by atoms with van der Waals surface area (Å²) >= 11 is 0. The van der Waals surface area contributed by atoms with Crippen LogP contribution in [-0.4, -0.2) is 45.4 Å². The highest BCUT2D eigenvalue weighted by atomic mass is 16.6. The van der Waals surface area contributed by atoms with Gasteiger partial charge in [-0.05, 0) is 41.8 Å². The first-order valence-corrected chi connectivity index (χ1v) is 11.4. The molecule has 1 aliphatic heterocycles. The Morgan fingerprint density at radius 1 is 0.943 bits per heavy atom. The number of carbonyl (C=O) groups excluding carboxylic acids is 2. The van der Waals surface area contributed by atoms with E-state index in [1.807, 2.05) is 72.8 Å². The summed E-state index contributed by atoms with van der Waals surface area (Å²) in [5, 5.41) is 2.79. The smallest absolute Gasteiger partial charge is 0.339 e. The van der Waals surface area contributed by atoms with Crippen LogP contribution in [0.2, 0.25) is 0 Å². The largest absolute Gasteiger partial charge is 0.496 e. The minimum atomic E-state index is -0.593. The number of benzene rings is 3. The van der Waals surface area contributed by atoms with E-state index in [-0.39, 0.29) is 12.5 Å². The van der Waals surface area contributed by atoms with Crippen LogP contribution in [0.5, 0.6) is 17.2 Å². The number of fused-ring (bicyclic) bond motifs is 1. The summed E-state index contributed by atoms with van der Waals surface area (Å²) in [5.41, 5.74) is 2.76. The first kappa shape index (κ1) is 23.9. The van der Waals surface area contributed by atoms with Crippen molar-refractivity contribution in [3.63, 3.8) is 0 Å². The number of methoxy groups -OCH3 is 1. The Morgan fingerprint density at radius 3 is 2.49 bits per heavy atom. The summed E-state index contributed by atoms with van der Waals surface area (Å²) in [6, 6.07) is 22.3. The predicted molar refractivity (Wildman–Crippen MR) is 132 cm³/mol. The SMILES string of the molecule is COc1ccccc1/C=C(/C(=O)OCC(=O)NCCc1ccc2c(c1)OCCO2)c1ccccc1. The summed E-state index contributed by atoms with van der Waals surface area (Å²) in [6.07, 6.45) is 2.32. The number of amides is 1. The van der Waals surface area contributed by atoms with Gasteiger partial charge in [0.05, 0.1) is 12.7 Å². The summed E-state index contributed by atoms with van der Waals surface area (Å²) in [5.74, 6) is 1.10. The fraction of sp³-hybridized carbons (Fsp3) is 0.214. The van der Waals surface area contributed by atoms with E-state index in [1.54, 1.807) is 13.2 Å². The Kier molecular flexibility index (Phi) is 8.01. The molecule has 7 nitrogen and oxygen atoms in total. The molecular weight excluding hydrogens is 446 g/mol. The zero-order chi connectivity index (χ0) is 24.5. The first-order valence-electron chi connectivity index (χ1n) is 11.4. The van der Waals surface area contributed by atoms with Gasteiger partial charge in [-0.25, -0.2) is 4.79 Å². The lowest BCUT2D eigenvalue weighted by Gasteiger charge is -2.18. The van der Waals surface area contributed by atoms with Crippen LogP contribution in [0, 0.1) is 0 Å². The predicted octanol–water partition coefficient (Wildman–Crippen LogP) is 3.91. The quantitative estimate of drug-likeness (QED) is 0.288. The maximum absolute atomic E-state index is 12.9. The van der Waals surface area contributed by atoms with Gasteiger partial charge < -0.3 is 24.3 Å². The van der Waals surface area contributed by atoms with Gasteiger partial charge in [0.15, 0.2) is 18.1 Å². The first-order chi connectivity index (χ1) is 17.1. The number of hydrogen-bond donors (Lipinski definition) is 1. The monoisotopic (exact) mass is 473 g/mol. The molecule has 0 saturated carbocycles. The van der Waals surface area contributed by atoms with Crippen LogP contribution in [-0.2, 0) is 20.7 Å². The lowest BCUT2D eigenvalue weighted by molar-refractivity contribution is -0.142. The average molecular weight is 474 g/mol. The van der Waals surface area contributed by atoms with Gasteiger partial charge in [-0.3, -0.25) is 4.79 Å². The third-order valence-corrected chi connectivity index (χ3v) is 5.42. The Balaban J connectivity index is 1.35. The van der Waals surface area contributed by atoms with E-state index in [2.05, 4.69) is 5.32 Å². The maximum Gasteiger partial charge on any atom is 0.339 e. The molecule has 0 bridgehead atoms. The van der Waals surface area contributed by atoms with Crippen molar-refractivity contribution in [1.82, 2.24) is 5.32 Å². The van der Waals surface area contributed by atoms with Crippen molar-refractivity contribution in [2.45, 2.75) is 6.42 Å². The van der Waals surface area contributed by atoms with Gasteiger partial charge >= 0.3 is 5.97 Å². The molecule has 180 valence electrons. The number of carbonyl (C=O) groups is 2. The number of hydrogen-bond acceptors (Lipinski definition) is 6. The zero-order valence-electron chi connectivity index (χ0n) is 19.5. The Labute approximate surface area is 204 Å². The van der Waals surface area contributed by atoms with Crippen LogP contribution < -0.4 is 19.5 Å². The molecular formula is C28H27NO6. The number of para-hydroxylation sites is 1. The molecule has 4 rings (SSSR count). The molecule has 3 aromatic carbocycles. The molecule has 0 aliphatic carbocycles. The van der Waals surface area contributed by atoms with Crippen molar-refractivity contribution in [3.8, 4) is 17.2 Å². The second-order valence-corrected chi connectivity index (χ2v) is 7.82. The molecule has 0 aromatic heterocycles. The van der Waals surface area contributed by atoms with Gasteiger partial charge in [0.25, 0.3) is 5.91 Å². The molecule has 0 radical (unpaired) electrons. The van der Waals surface area contributed by atoms with Crippen molar-refractivity contribution in [2.24, 2.45) is 0 Å². The molecule has 1 heterocycles. The van der Waals surface area contributed by atoms with Crippen LogP contribution in [0.25, 0.3) is 11.6 Å². The van der Waals surface area contributed by atoms with Crippen molar-refractivity contribution in [2.75, 3.05) is 33.5 Å². The molecule has 0 spiro atoms. The Morgan fingerprint density at radius 2 is 1.69 bits per heavy atom. The molecule has 7 heteroatoms. The number of nitrogens with one attached hydrogen (secondary N) is 1. The molecule has 0 unspecified atom stereocenters. The molecule has 35 heavy (non-hydrogen) atoms. The second-order valence-electron chi connectivity index (χ2n) is 7.82. The van der Waals surface area contributed by atoms with Gasteiger partial charge in [-0.1, -0.05) is 54.6 Å². The van der Waals surface area contributed by atoms with Crippen LogP contribution in [0.3, 0.4) is 0 Å². The molecule has 1 aliphatic rings. The molecule has 3 aromatic rings. The fourth-order valence-corrected chi connectivity index (χ4v) is 3.67. The highest BCUT2D eigenvalue weighted by Gasteiger charge is 2.17. The zero-order valence-corrected chi connectivity index (χ0v) is 19.5. The van der Waals surface area contributed by atoms with Crippen molar-refractivity contribution < 1.29 is 28.5 Å². The highest BCUT2D eigenvalue weighted by Crippen LogP contribution is 2.30. The van der Waals surface area contributed by atoms with E-state index >= 15 is 0 Å². The van der Waals surface area contributed by atoms with Crippen LogP contribution in [0.4, 0.5) is 0 Å². The third-order valence-electron chi connectivity index (χ3n) is 5.42. The van der Waals surface area contributed by atoms with Gasteiger partial charge in [0.2, 0.25) is 0 Å². The fourth-order valence-electron chi connectivity index (χ4n) is 3.67. The third kappa shape index (κ3) is 6.41. The van der Waals surface area contributed by atoms with E-state index < -0.39 is 5.97 Å². The second kappa shape index (κ2) is 11.7. The van der Waals surface area contributed by atoms with E-state index in [1.165, 1.54) is 0 Å². The normalized spacial score (nSPS) is 12.5. The van der Waals surface area contributed by atoms with Crippen molar-refractivity contribution in [3.05, 3.63) is 89.5 Å². The van der Waals surface area contributed by atoms with Crippen molar-refractivity contribution in [1.29, 1.82) is 0 Å². The van der Waals surface area contributed by atoms with Crippen molar-refractivity contribution >= 4 is 23.5 Å². The van der Waals surface area contributed by atoms with Crippen LogP contribution in [0.1, 0.15) is 16.7 Å². The van der Waals surface area contributed by atoms with E-state index in [9.17, 15) is 9.59 Å². The van der Waals surface area contributed by atoms with E-state index in [0.717, 1.165) is 16.9 Å². The molecule has 1 N–H and O–H groups in total. The van der Waals surface area contributed by atoms with Crippen LogP contribution in [0.15, 0.2) is 72.8 Å². The molecule has 0 saturated heterocycles. The average Bonchev–Trinajstić information content (AvgIpc) is 2.91. The molecule has 1 amide bonds. The minimum absolute atomic E-state index is 0.333. The lowest BCUT2D eigenvalue weighted by atomic mass is 10.0. The maximum atomic E-state index is 12.9. The number of rotatable bonds is 9. The highest BCUT2D eigenvalue weighted by molar-refractivity contribution is 6.22. The van der Waals surface area contributed by atoms with Gasteiger partial charge in [-0.15, -0.1) is 0 Å². The molecule has 0 atom stereocenters. The van der Waals surface area contributed by atoms with Gasteiger partial charge in [0.1, 0.15) is 19.0 Å². The molecule has 0 fully saturated rings. The van der Waals surface area contributed by atoms with Gasteiger partial charge in [-0.2, -0.15) is 0 Å². The number of esters is 1. The standard InChI is InChI=1S/C28H27NO6/c1-32-24-10-6-5-9-22(24)18-23(21-7-3-2-4-8-21)28(31)35-19-27(30)29-14-13-20-11-12-25-26(17-20)34-16-15-33-25/h2-12,17-18H,13-16,19H2,1H3,(H,29,30)/b23-18+. The summed E-state index contributed by atoms with van der Waals surface area (Å²) < 4.78 is 21.9. The Bertz CT molecular complexity index is 1210. The summed E-state index contributed by atoms with van der Waals surface area (Å²) in [6.45, 7) is 1.09. The van der Waals surface area contributed by atoms with Gasteiger partial charge in [0, 0.05) is 12.1 Å². The minimum Gasteiger partial charge on any atom is -0.496 e. The lowest BCUT2D eigenvalue weighted by Crippen LogP contribution is -2.30. The topological polar surface area (TPSA) is 83.1 Å². The Hall–Kier alpha value is -4.26. The van der Waals surface area contributed by atoms with E-state index in [4.69, 9.17) is 18.9 Å².